The minimum absolute atomic E-state index is 0.00751. The number of H-pyrrole nitrogens is 1. The summed E-state index contributed by atoms with van der Waals surface area (Å²) in [5, 5.41) is 0.105. The van der Waals surface area contributed by atoms with E-state index >= 15 is 0 Å². The van der Waals surface area contributed by atoms with Crippen LogP contribution in [0.4, 0.5) is 4.39 Å². The van der Waals surface area contributed by atoms with E-state index in [9.17, 15) is 18.8 Å². The van der Waals surface area contributed by atoms with Gasteiger partial charge in [-0.1, -0.05) is 17.7 Å². The predicted molar refractivity (Wildman–Crippen MR) is 96.6 cm³/mol. The molecule has 0 saturated carbocycles. The minimum Gasteiger partial charge on any atom is -0.462 e. The molecular formula is C19H19ClFNO5. The summed E-state index contributed by atoms with van der Waals surface area (Å²) in [5.41, 5.74) is 1.35. The molecule has 1 aromatic carbocycles. The third-order valence-corrected chi connectivity index (χ3v) is 4.30. The van der Waals surface area contributed by atoms with Crippen molar-refractivity contribution >= 4 is 29.3 Å². The molecule has 0 spiro atoms. The second kappa shape index (κ2) is 8.81. The number of aryl methyl sites for hydroxylation is 1. The Morgan fingerprint density at radius 1 is 1.19 bits per heavy atom. The maximum atomic E-state index is 13.7. The highest BCUT2D eigenvalue weighted by atomic mass is 35.5. The fourth-order valence-corrected chi connectivity index (χ4v) is 2.88. The average Bonchev–Trinajstić information content (AvgIpc) is 2.91. The monoisotopic (exact) mass is 395 g/mol. The Bertz CT molecular complexity index is 870. The summed E-state index contributed by atoms with van der Waals surface area (Å²) >= 11 is 5.86. The number of benzene rings is 1. The summed E-state index contributed by atoms with van der Waals surface area (Å²) in [6, 6.07) is 4.06. The van der Waals surface area contributed by atoms with Crippen molar-refractivity contribution in [1.82, 2.24) is 4.98 Å². The number of aromatic amines is 1. The summed E-state index contributed by atoms with van der Waals surface area (Å²) in [5.74, 6) is -2.46. The Hall–Kier alpha value is -2.67. The molecule has 0 saturated heterocycles. The first-order valence-electron chi connectivity index (χ1n) is 8.24. The molecule has 27 heavy (non-hydrogen) atoms. The highest BCUT2D eigenvalue weighted by Gasteiger charge is 2.23. The van der Waals surface area contributed by atoms with E-state index in [1.54, 1.807) is 20.8 Å². The van der Waals surface area contributed by atoms with Crippen LogP contribution in [0.1, 0.15) is 44.6 Å². The lowest BCUT2D eigenvalue weighted by Gasteiger charge is -2.07. The molecule has 1 aromatic heterocycles. The Balaban J connectivity index is 2.05. The number of ether oxygens (including phenoxy) is 2. The maximum Gasteiger partial charge on any atom is 0.340 e. The van der Waals surface area contributed by atoms with E-state index in [4.69, 9.17) is 21.1 Å². The predicted octanol–water partition coefficient (Wildman–Crippen LogP) is 3.57. The SMILES string of the molecule is CCOC(=O)c1c(C)[nH]c(C(=O)COC(=O)Cc2c(F)cccc2Cl)c1C. The van der Waals surface area contributed by atoms with Crippen LogP contribution in [0.5, 0.6) is 0 Å². The summed E-state index contributed by atoms with van der Waals surface area (Å²) in [4.78, 5) is 39.1. The molecule has 0 atom stereocenters. The molecule has 1 N–H and O–H groups in total. The van der Waals surface area contributed by atoms with Crippen molar-refractivity contribution in [3.63, 3.8) is 0 Å². The molecule has 0 fully saturated rings. The van der Waals surface area contributed by atoms with Crippen LogP contribution >= 0.6 is 11.6 Å². The van der Waals surface area contributed by atoms with E-state index in [2.05, 4.69) is 4.98 Å². The number of hydrogen-bond donors (Lipinski definition) is 1. The van der Waals surface area contributed by atoms with E-state index in [1.165, 1.54) is 18.2 Å². The molecule has 0 aliphatic carbocycles. The van der Waals surface area contributed by atoms with Gasteiger partial charge in [-0.05, 0) is 38.5 Å². The number of hydrogen-bond acceptors (Lipinski definition) is 5. The molecule has 1 heterocycles. The van der Waals surface area contributed by atoms with Gasteiger partial charge in [0.2, 0.25) is 5.78 Å². The molecule has 0 bridgehead atoms. The fourth-order valence-electron chi connectivity index (χ4n) is 2.65. The maximum absolute atomic E-state index is 13.7. The third-order valence-electron chi connectivity index (χ3n) is 3.94. The minimum atomic E-state index is -0.790. The Labute approximate surface area is 160 Å². The van der Waals surface area contributed by atoms with Crippen molar-refractivity contribution in [2.24, 2.45) is 0 Å². The van der Waals surface area contributed by atoms with Crippen molar-refractivity contribution < 1.29 is 28.2 Å². The van der Waals surface area contributed by atoms with Gasteiger partial charge in [-0.15, -0.1) is 0 Å². The normalized spacial score (nSPS) is 10.6. The number of carbonyl (C=O) groups excluding carboxylic acids is 3. The van der Waals surface area contributed by atoms with Crippen molar-refractivity contribution in [1.29, 1.82) is 0 Å². The smallest absolute Gasteiger partial charge is 0.340 e. The number of ketones is 1. The summed E-state index contributed by atoms with van der Waals surface area (Å²) in [6.07, 6.45) is -0.393. The van der Waals surface area contributed by atoms with Crippen LogP contribution in [0, 0.1) is 19.7 Å². The fraction of sp³-hybridized carbons (Fsp3) is 0.316. The Morgan fingerprint density at radius 3 is 2.52 bits per heavy atom. The number of rotatable bonds is 7. The third kappa shape index (κ3) is 4.74. The summed E-state index contributed by atoms with van der Waals surface area (Å²) in [7, 11) is 0. The second-order valence-corrected chi connectivity index (χ2v) is 6.21. The number of esters is 2. The first-order chi connectivity index (χ1) is 12.8. The molecule has 2 rings (SSSR count). The zero-order valence-corrected chi connectivity index (χ0v) is 15.9. The van der Waals surface area contributed by atoms with E-state index in [0.29, 0.717) is 11.3 Å². The Kier molecular flexibility index (Phi) is 6.74. The molecule has 0 unspecified atom stereocenters. The van der Waals surface area contributed by atoms with Crippen LogP contribution in [0.25, 0.3) is 0 Å². The van der Waals surface area contributed by atoms with Gasteiger partial charge >= 0.3 is 11.9 Å². The molecule has 144 valence electrons. The van der Waals surface area contributed by atoms with Crippen LogP contribution in [0.15, 0.2) is 18.2 Å². The van der Waals surface area contributed by atoms with Crippen LogP contribution in [0.2, 0.25) is 5.02 Å². The quantitative estimate of drug-likeness (QED) is 0.572. The lowest BCUT2D eigenvalue weighted by molar-refractivity contribution is -0.141. The number of halogens is 2. The molecule has 0 amide bonds. The van der Waals surface area contributed by atoms with Gasteiger partial charge in [-0.3, -0.25) is 9.59 Å². The van der Waals surface area contributed by atoms with Crippen LogP contribution in [-0.2, 0) is 20.7 Å². The van der Waals surface area contributed by atoms with Crippen LogP contribution in [0.3, 0.4) is 0 Å². The summed E-state index contributed by atoms with van der Waals surface area (Å²) < 4.78 is 23.6. The van der Waals surface area contributed by atoms with Gasteiger partial charge < -0.3 is 14.5 Å². The van der Waals surface area contributed by atoms with Gasteiger partial charge in [0.1, 0.15) is 5.82 Å². The standard InChI is InChI=1S/C19H19ClFNO5/c1-4-26-19(25)17-10(2)18(22-11(17)3)15(23)9-27-16(24)8-12-13(20)6-5-7-14(12)21/h5-7,22H,4,8-9H2,1-3H3. The van der Waals surface area contributed by atoms with Crippen LogP contribution in [-0.4, -0.2) is 35.9 Å². The number of nitrogens with one attached hydrogen (secondary N) is 1. The molecule has 8 heteroatoms. The van der Waals surface area contributed by atoms with Gasteiger partial charge in [0, 0.05) is 16.3 Å². The molecule has 6 nitrogen and oxygen atoms in total. The first-order valence-corrected chi connectivity index (χ1v) is 8.62. The molecular weight excluding hydrogens is 377 g/mol. The van der Waals surface area contributed by atoms with Gasteiger partial charge in [0.25, 0.3) is 0 Å². The van der Waals surface area contributed by atoms with Crippen molar-refractivity contribution in [2.45, 2.75) is 27.2 Å². The van der Waals surface area contributed by atoms with Crippen molar-refractivity contribution in [3.8, 4) is 0 Å². The van der Waals surface area contributed by atoms with Gasteiger partial charge in [-0.2, -0.15) is 0 Å². The Morgan fingerprint density at radius 2 is 1.89 bits per heavy atom. The van der Waals surface area contributed by atoms with E-state index in [-0.39, 0.29) is 28.5 Å². The van der Waals surface area contributed by atoms with Crippen molar-refractivity contribution in [3.05, 3.63) is 57.1 Å². The zero-order valence-electron chi connectivity index (χ0n) is 15.2. The van der Waals surface area contributed by atoms with Crippen molar-refractivity contribution in [2.75, 3.05) is 13.2 Å². The highest BCUT2D eigenvalue weighted by Crippen LogP contribution is 2.21. The van der Waals surface area contributed by atoms with E-state index < -0.39 is 36.6 Å². The van der Waals surface area contributed by atoms with E-state index in [0.717, 1.165) is 0 Å². The van der Waals surface area contributed by atoms with E-state index in [1.807, 2.05) is 0 Å². The largest absolute Gasteiger partial charge is 0.462 e. The molecule has 0 radical (unpaired) electrons. The average molecular weight is 396 g/mol. The highest BCUT2D eigenvalue weighted by molar-refractivity contribution is 6.31. The number of Topliss-reactive ketones (excluding diaryl/α,β-unsaturated/α-hetero) is 1. The molecule has 2 aromatic rings. The van der Waals surface area contributed by atoms with Crippen LogP contribution < -0.4 is 0 Å². The number of carbonyl (C=O) groups is 3. The lowest BCUT2D eigenvalue weighted by atomic mass is 10.1. The van der Waals surface area contributed by atoms with Gasteiger partial charge in [0.15, 0.2) is 6.61 Å². The molecule has 0 aliphatic rings. The van der Waals surface area contributed by atoms with Gasteiger partial charge in [0.05, 0.1) is 24.3 Å². The zero-order chi connectivity index (χ0) is 20.1. The second-order valence-electron chi connectivity index (χ2n) is 5.81. The lowest BCUT2D eigenvalue weighted by Crippen LogP contribution is -2.17. The summed E-state index contributed by atoms with van der Waals surface area (Å²) in [6.45, 7) is 4.59. The molecule has 0 aliphatic heterocycles. The number of aromatic nitrogens is 1. The van der Waals surface area contributed by atoms with Gasteiger partial charge in [-0.25, -0.2) is 9.18 Å². The first kappa shape index (κ1) is 20.6. The topological polar surface area (TPSA) is 85.5 Å².